The molecule has 6 nitrogen and oxygen atoms in total. The average molecular weight is 539 g/mol. The first-order chi connectivity index (χ1) is 18.7. The van der Waals surface area contributed by atoms with Gasteiger partial charge in [-0.15, -0.1) is 0 Å². The maximum Gasteiger partial charge on any atom is 0.321 e. The third-order valence-electron chi connectivity index (χ3n) is 10.3. The summed E-state index contributed by atoms with van der Waals surface area (Å²) in [7, 11) is 1.98. The second kappa shape index (κ2) is 11.3. The highest BCUT2D eigenvalue weighted by molar-refractivity contribution is 5.73. The molecule has 3 aliphatic rings. The number of carboxylic acid groups (broad SMARTS) is 1. The number of carboxylic acids is 1. The van der Waals surface area contributed by atoms with Gasteiger partial charge in [0.25, 0.3) is 0 Å². The van der Waals surface area contributed by atoms with E-state index in [0.29, 0.717) is 11.8 Å². The normalized spacial score (nSPS) is 25.6. The van der Waals surface area contributed by atoms with Crippen LogP contribution in [0, 0.1) is 17.7 Å². The van der Waals surface area contributed by atoms with Crippen LogP contribution in [0.15, 0.2) is 24.3 Å². The van der Waals surface area contributed by atoms with Gasteiger partial charge in [0.1, 0.15) is 11.9 Å². The molecule has 2 fully saturated rings. The number of likely N-dealkylation sites (tertiary alicyclic amines) is 1. The molecule has 2 aromatic rings. The average Bonchev–Trinajstić information content (AvgIpc) is 3.59. The molecule has 214 valence electrons. The van der Waals surface area contributed by atoms with Crippen molar-refractivity contribution < 1.29 is 14.3 Å². The lowest BCUT2D eigenvalue weighted by atomic mass is 9.75. The number of piperidine rings is 1. The van der Waals surface area contributed by atoms with Crippen LogP contribution < -0.4 is 0 Å². The van der Waals surface area contributed by atoms with E-state index in [0.717, 1.165) is 45.4 Å². The molecule has 1 saturated heterocycles. The zero-order valence-electron chi connectivity index (χ0n) is 24.5. The maximum atomic E-state index is 13.8. The molecule has 2 aliphatic carbocycles. The lowest BCUT2D eigenvalue weighted by Crippen LogP contribution is -2.47. The Morgan fingerprint density at radius 2 is 1.85 bits per heavy atom. The Labute approximate surface area is 233 Å². The number of rotatable bonds is 9. The number of hydrogen-bond donors (Lipinski definition) is 1. The zero-order chi connectivity index (χ0) is 27.9. The number of carbonyl (C=O) groups is 1. The first-order valence-electron chi connectivity index (χ1n) is 15.2. The summed E-state index contributed by atoms with van der Waals surface area (Å²) < 4.78 is 16.1. The lowest BCUT2D eigenvalue weighted by molar-refractivity contribution is -0.145. The first-order valence-corrected chi connectivity index (χ1v) is 15.2. The third-order valence-corrected chi connectivity index (χ3v) is 10.3. The number of hydrogen-bond acceptors (Lipinski definition) is 4. The Kier molecular flexibility index (Phi) is 8.21. The van der Waals surface area contributed by atoms with Gasteiger partial charge in [0.2, 0.25) is 0 Å². The van der Waals surface area contributed by atoms with Gasteiger partial charge in [0.15, 0.2) is 0 Å². The molecule has 7 heteroatoms. The Morgan fingerprint density at radius 3 is 2.44 bits per heavy atom. The van der Waals surface area contributed by atoms with E-state index >= 15 is 0 Å². The maximum absolute atomic E-state index is 13.8. The van der Waals surface area contributed by atoms with Gasteiger partial charge in [-0.25, -0.2) is 4.39 Å². The molecule has 39 heavy (non-hydrogen) atoms. The number of aryl methyl sites for hydroxylation is 2. The fourth-order valence-electron chi connectivity index (χ4n) is 8.29. The number of aromatic nitrogens is 2. The molecule has 1 aromatic carbocycles. The molecule has 1 spiro atoms. The Hall–Kier alpha value is -2.25. The number of benzene rings is 1. The molecular weight excluding hydrogens is 491 g/mol. The number of aliphatic carboxylic acids is 1. The smallest absolute Gasteiger partial charge is 0.321 e. The molecule has 1 saturated carbocycles. The summed E-state index contributed by atoms with van der Waals surface area (Å²) in [6.07, 6.45) is 7.69. The number of nitrogens with zero attached hydrogens (tertiary/aromatic N) is 4. The highest BCUT2D eigenvalue weighted by Gasteiger charge is 2.46. The fourth-order valence-corrected chi connectivity index (χ4v) is 8.29. The monoisotopic (exact) mass is 538 g/mol. The predicted molar refractivity (Wildman–Crippen MR) is 153 cm³/mol. The van der Waals surface area contributed by atoms with Crippen LogP contribution >= 0.6 is 0 Å². The SMILES string of the molecule is CCc1nn(CC)c2c1CCC21CCN(CC2CC(N(C)[C@@H](C(=O)O)C(C)C)C[C@@H]2c2ccc(F)cc2)CC1. The van der Waals surface area contributed by atoms with Gasteiger partial charge in [0, 0.05) is 30.2 Å². The Bertz CT molecular complexity index is 1150. The van der Waals surface area contributed by atoms with Crippen LogP contribution in [0.1, 0.15) is 88.2 Å². The lowest BCUT2D eigenvalue weighted by Gasteiger charge is -2.41. The molecule has 2 unspecified atom stereocenters. The number of likely N-dealkylation sites (N-methyl/N-ethyl adjacent to an activating group) is 1. The van der Waals surface area contributed by atoms with Crippen molar-refractivity contribution in [3.05, 3.63) is 52.6 Å². The van der Waals surface area contributed by atoms with Crippen molar-refractivity contribution >= 4 is 5.97 Å². The van der Waals surface area contributed by atoms with E-state index in [1.807, 2.05) is 33.0 Å². The molecule has 1 aromatic heterocycles. The van der Waals surface area contributed by atoms with Gasteiger partial charge in [-0.2, -0.15) is 5.10 Å². The van der Waals surface area contributed by atoms with Gasteiger partial charge >= 0.3 is 5.97 Å². The summed E-state index contributed by atoms with van der Waals surface area (Å²) in [6, 6.07) is 6.73. The molecule has 0 radical (unpaired) electrons. The number of fused-ring (bicyclic) bond motifs is 2. The van der Waals surface area contributed by atoms with E-state index in [4.69, 9.17) is 5.10 Å². The predicted octanol–water partition coefficient (Wildman–Crippen LogP) is 5.49. The zero-order valence-corrected chi connectivity index (χ0v) is 24.5. The Morgan fingerprint density at radius 1 is 1.15 bits per heavy atom. The van der Waals surface area contributed by atoms with Crippen molar-refractivity contribution in [2.24, 2.45) is 11.8 Å². The van der Waals surface area contributed by atoms with Gasteiger partial charge < -0.3 is 10.0 Å². The largest absolute Gasteiger partial charge is 0.480 e. The summed E-state index contributed by atoms with van der Waals surface area (Å²) in [5.41, 5.74) is 5.81. The van der Waals surface area contributed by atoms with Crippen LogP contribution in [0.4, 0.5) is 4.39 Å². The summed E-state index contributed by atoms with van der Waals surface area (Å²) in [5, 5.41) is 14.9. The molecule has 5 rings (SSSR count). The van der Waals surface area contributed by atoms with E-state index < -0.39 is 12.0 Å². The van der Waals surface area contributed by atoms with Crippen LogP contribution in [0.5, 0.6) is 0 Å². The van der Waals surface area contributed by atoms with Crippen molar-refractivity contribution in [2.45, 2.75) is 103 Å². The number of halogens is 1. The quantitative estimate of drug-likeness (QED) is 0.458. The van der Waals surface area contributed by atoms with Crippen LogP contribution in [0.3, 0.4) is 0 Å². The van der Waals surface area contributed by atoms with Crippen molar-refractivity contribution in [3.63, 3.8) is 0 Å². The van der Waals surface area contributed by atoms with E-state index in [2.05, 4.69) is 28.3 Å². The standard InChI is InChI=1S/C32H47FN4O2/c1-6-28-26-12-13-32(30(26)37(7-2)34-28)14-16-36(17-15-32)20-23-18-25(35(5)29(21(3)4)31(38)39)19-27(23)22-8-10-24(33)11-9-22/h8-11,21,23,25,27,29H,6-7,12-20H2,1-5H3,(H,38,39)/t23?,25?,27-,29-/m1/s1. The van der Waals surface area contributed by atoms with Crippen molar-refractivity contribution in [2.75, 3.05) is 26.7 Å². The van der Waals surface area contributed by atoms with Gasteiger partial charge in [-0.3, -0.25) is 14.4 Å². The minimum Gasteiger partial charge on any atom is -0.480 e. The fraction of sp³-hybridized carbons (Fsp3) is 0.688. The molecule has 0 bridgehead atoms. The van der Waals surface area contributed by atoms with Crippen LogP contribution in [-0.2, 0) is 29.6 Å². The molecule has 1 aliphatic heterocycles. The second-order valence-electron chi connectivity index (χ2n) is 12.8. The van der Waals surface area contributed by atoms with Gasteiger partial charge in [0.05, 0.1) is 5.69 Å². The minimum atomic E-state index is -0.746. The van der Waals surface area contributed by atoms with Crippen molar-refractivity contribution in [1.82, 2.24) is 19.6 Å². The van der Waals surface area contributed by atoms with Crippen LogP contribution in [0.2, 0.25) is 0 Å². The van der Waals surface area contributed by atoms with Crippen molar-refractivity contribution in [3.8, 4) is 0 Å². The topological polar surface area (TPSA) is 61.6 Å². The Balaban J connectivity index is 1.32. The van der Waals surface area contributed by atoms with Crippen molar-refractivity contribution in [1.29, 1.82) is 0 Å². The summed E-state index contributed by atoms with van der Waals surface area (Å²) in [6.45, 7) is 12.6. The highest BCUT2D eigenvalue weighted by Crippen LogP contribution is 2.48. The highest BCUT2D eigenvalue weighted by atomic mass is 19.1. The van der Waals surface area contributed by atoms with E-state index in [9.17, 15) is 14.3 Å². The first kappa shape index (κ1) is 28.3. The summed E-state index contributed by atoms with van der Waals surface area (Å²) >= 11 is 0. The van der Waals surface area contributed by atoms with E-state index in [1.54, 1.807) is 12.1 Å². The molecule has 1 N–H and O–H groups in total. The van der Waals surface area contributed by atoms with Crippen LogP contribution in [-0.4, -0.2) is 69.4 Å². The molecule has 0 amide bonds. The summed E-state index contributed by atoms with van der Waals surface area (Å²) in [5.74, 6) is -0.186. The van der Waals surface area contributed by atoms with Gasteiger partial charge in [-0.1, -0.05) is 32.9 Å². The van der Waals surface area contributed by atoms with E-state index in [-0.39, 0.29) is 23.2 Å². The second-order valence-corrected chi connectivity index (χ2v) is 12.8. The third kappa shape index (κ3) is 5.29. The molecular formula is C32H47FN4O2. The molecule has 2 heterocycles. The molecule has 4 atom stereocenters. The van der Waals surface area contributed by atoms with E-state index in [1.165, 1.54) is 48.2 Å². The minimum absolute atomic E-state index is 0.0372. The van der Waals surface area contributed by atoms with Crippen LogP contribution in [0.25, 0.3) is 0 Å². The summed E-state index contributed by atoms with van der Waals surface area (Å²) in [4.78, 5) is 16.9. The van der Waals surface area contributed by atoms with Gasteiger partial charge in [-0.05, 0) is 113 Å².